The predicted molar refractivity (Wildman–Crippen MR) is 93.2 cm³/mol. The zero-order valence-electron chi connectivity index (χ0n) is 14.5. The van der Waals surface area contributed by atoms with E-state index in [0.717, 1.165) is 19.6 Å². The molecule has 0 radical (unpaired) electrons. The molecule has 1 fully saturated rings. The minimum atomic E-state index is -0.165. The van der Waals surface area contributed by atoms with E-state index in [-0.39, 0.29) is 17.9 Å². The van der Waals surface area contributed by atoms with Gasteiger partial charge in [0.2, 0.25) is 5.91 Å². The average Bonchev–Trinajstić information content (AvgIpc) is 2.59. The van der Waals surface area contributed by atoms with Crippen molar-refractivity contribution in [3.8, 4) is 5.75 Å². The van der Waals surface area contributed by atoms with Crippen LogP contribution in [0.25, 0.3) is 0 Å². The molecule has 0 aromatic heterocycles. The molecule has 2 N–H and O–H groups in total. The molecule has 1 aliphatic heterocycles. The Labute approximate surface area is 143 Å². The summed E-state index contributed by atoms with van der Waals surface area (Å²) in [5.41, 5.74) is 0.529. The molecule has 6 nitrogen and oxygen atoms in total. The molecule has 0 saturated carbocycles. The lowest BCUT2D eigenvalue weighted by Gasteiger charge is -2.34. The fourth-order valence-electron chi connectivity index (χ4n) is 2.83. The van der Waals surface area contributed by atoms with Crippen molar-refractivity contribution in [1.82, 2.24) is 15.5 Å². The monoisotopic (exact) mass is 333 g/mol. The summed E-state index contributed by atoms with van der Waals surface area (Å²) in [5, 5.41) is 6.14. The Bertz CT molecular complexity index is 562. The summed E-state index contributed by atoms with van der Waals surface area (Å²) >= 11 is 0. The topological polar surface area (TPSA) is 70.7 Å². The van der Waals surface area contributed by atoms with Gasteiger partial charge >= 0.3 is 0 Å². The van der Waals surface area contributed by atoms with Gasteiger partial charge in [0, 0.05) is 38.6 Å². The second kappa shape index (κ2) is 9.27. The third-order valence-electron chi connectivity index (χ3n) is 4.11. The Morgan fingerprint density at radius 3 is 2.92 bits per heavy atom. The van der Waals surface area contributed by atoms with Crippen LogP contribution in [0.4, 0.5) is 0 Å². The van der Waals surface area contributed by atoms with E-state index in [2.05, 4.69) is 17.6 Å². The van der Waals surface area contributed by atoms with E-state index in [4.69, 9.17) is 4.74 Å². The number of nitrogens with zero attached hydrogens (tertiary/aromatic N) is 1. The standard InChI is InChI=1S/C18H27N3O3/c1-3-24-16-8-5-4-7-15(16)18(23)20-10-6-9-17(22)21-12-11-19-13-14(21)2/h4-5,7-8,14,19H,3,6,9-13H2,1-2H3,(H,20,23). The lowest BCUT2D eigenvalue weighted by Crippen LogP contribution is -2.52. The Hall–Kier alpha value is -2.08. The van der Waals surface area contributed by atoms with Crippen LogP contribution in [0.2, 0.25) is 0 Å². The molecule has 0 bridgehead atoms. The van der Waals surface area contributed by atoms with E-state index in [9.17, 15) is 9.59 Å². The van der Waals surface area contributed by atoms with Crippen LogP contribution in [0.1, 0.15) is 37.0 Å². The molecule has 6 heteroatoms. The maximum absolute atomic E-state index is 12.2. The average molecular weight is 333 g/mol. The van der Waals surface area contributed by atoms with Crippen molar-refractivity contribution < 1.29 is 14.3 Å². The first-order valence-corrected chi connectivity index (χ1v) is 8.63. The smallest absolute Gasteiger partial charge is 0.255 e. The third kappa shape index (κ3) is 4.96. The zero-order chi connectivity index (χ0) is 17.4. The second-order valence-corrected chi connectivity index (χ2v) is 5.93. The van der Waals surface area contributed by atoms with Crippen molar-refractivity contribution in [1.29, 1.82) is 0 Å². The number of para-hydroxylation sites is 1. The lowest BCUT2D eigenvalue weighted by atomic mass is 10.1. The quantitative estimate of drug-likeness (QED) is 0.740. The van der Waals surface area contributed by atoms with Gasteiger partial charge in [-0.25, -0.2) is 0 Å². The maximum Gasteiger partial charge on any atom is 0.255 e. The van der Waals surface area contributed by atoms with Crippen LogP contribution in [0.15, 0.2) is 24.3 Å². The van der Waals surface area contributed by atoms with Crippen LogP contribution in [0.5, 0.6) is 5.75 Å². The molecule has 2 amide bonds. The summed E-state index contributed by atoms with van der Waals surface area (Å²) in [5.74, 6) is 0.582. The predicted octanol–water partition coefficient (Wildman–Crippen LogP) is 1.42. The van der Waals surface area contributed by atoms with Crippen LogP contribution in [0, 0.1) is 0 Å². The Morgan fingerprint density at radius 1 is 1.38 bits per heavy atom. The van der Waals surface area contributed by atoms with Crippen molar-refractivity contribution in [2.45, 2.75) is 32.7 Å². The van der Waals surface area contributed by atoms with Gasteiger partial charge in [-0.05, 0) is 32.4 Å². The van der Waals surface area contributed by atoms with E-state index >= 15 is 0 Å². The molecule has 1 unspecified atom stereocenters. The first-order valence-electron chi connectivity index (χ1n) is 8.63. The third-order valence-corrected chi connectivity index (χ3v) is 4.11. The molecular weight excluding hydrogens is 306 g/mol. The number of ether oxygens (including phenoxy) is 1. The Kier molecular flexibility index (Phi) is 7.06. The summed E-state index contributed by atoms with van der Waals surface area (Å²) in [6.07, 6.45) is 1.09. The van der Waals surface area contributed by atoms with E-state index in [1.165, 1.54) is 0 Å². The van der Waals surface area contributed by atoms with Crippen molar-refractivity contribution in [3.63, 3.8) is 0 Å². The fraction of sp³-hybridized carbons (Fsp3) is 0.556. The summed E-state index contributed by atoms with van der Waals surface area (Å²) in [6, 6.07) is 7.42. The first kappa shape index (κ1) is 18.3. The Balaban J connectivity index is 1.76. The van der Waals surface area contributed by atoms with E-state index < -0.39 is 0 Å². The van der Waals surface area contributed by atoms with E-state index in [1.54, 1.807) is 12.1 Å². The molecule has 0 spiro atoms. The number of nitrogens with one attached hydrogen (secondary N) is 2. The van der Waals surface area contributed by atoms with Crippen LogP contribution in [0.3, 0.4) is 0 Å². The van der Waals surface area contributed by atoms with Crippen LogP contribution >= 0.6 is 0 Å². The molecule has 1 aromatic carbocycles. The van der Waals surface area contributed by atoms with Gasteiger partial charge in [-0.2, -0.15) is 0 Å². The molecule has 24 heavy (non-hydrogen) atoms. The first-order chi connectivity index (χ1) is 11.6. The van der Waals surface area contributed by atoms with Crippen molar-refractivity contribution in [3.05, 3.63) is 29.8 Å². The number of carbonyl (C=O) groups excluding carboxylic acids is 2. The van der Waals surface area contributed by atoms with Crippen molar-refractivity contribution in [2.75, 3.05) is 32.8 Å². The number of hydrogen-bond acceptors (Lipinski definition) is 4. The maximum atomic E-state index is 12.2. The Morgan fingerprint density at radius 2 is 2.17 bits per heavy atom. The van der Waals surface area contributed by atoms with Crippen molar-refractivity contribution >= 4 is 11.8 Å². The summed E-state index contributed by atoms with van der Waals surface area (Å²) in [7, 11) is 0. The summed E-state index contributed by atoms with van der Waals surface area (Å²) < 4.78 is 5.47. The van der Waals surface area contributed by atoms with Gasteiger partial charge in [-0.1, -0.05) is 12.1 Å². The molecule has 2 rings (SSSR count). The van der Waals surface area contributed by atoms with Gasteiger partial charge in [0.25, 0.3) is 5.91 Å². The fourth-order valence-corrected chi connectivity index (χ4v) is 2.83. The normalized spacial score (nSPS) is 17.4. The molecule has 1 aromatic rings. The van der Waals surface area contributed by atoms with Gasteiger partial charge in [0.1, 0.15) is 5.75 Å². The van der Waals surface area contributed by atoms with Gasteiger partial charge in [0.05, 0.1) is 12.2 Å². The minimum Gasteiger partial charge on any atom is -0.493 e. The minimum absolute atomic E-state index is 0.160. The molecule has 0 aliphatic carbocycles. The van der Waals surface area contributed by atoms with Crippen LogP contribution in [-0.2, 0) is 4.79 Å². The number of benzene rings is 1. The highest BCUT2D eigenvalue weighted by Crippen LogP contribution is 2.17. The van der Waals surface area contributed by atoms with Gasteiger partial charge < -0.3 is 20.3 Å². The highest BCUT2D eigenvalue weighted by atomic mass is 16.5. The van der Waals surface area contributed by atoms with Gasteiger partial charge in [-0.3, -0.25) is 9.59 Å². The molecule has 1 atom stereocenters. The largest absolute Gasteiger partial charge is 0.493 e. The zero-order valence-corrected chi connectivity index (χ0v) is 14.5. The van der Waals surface area contributed by atoms with Crippen molar-refractivity contribution in [2.24, 2.45) is 0 Å². The summed E-state index contributed by atoms with van der Waals surface area (Å²) in [6.45, 7) is 7.38. The molecule has 1 saturated heterocycles. The van der Waals surface area contributed by atoms with Crippen LogP contribution < -0.4 is 15.4 Å². The van der Waals surface area contributed by atoms with E-state index in [0.29, 0.717) is 37.3 Å². The lowest BCUT2D eigenvalue weighted by molar-refractivity contribution is -0.134. The highest BCUT2D eigenvalue weighted by molar-refractivity contribution is 5.96. The van der Waals surface area contributed by atoms with E-state index in [1.807, 2.05) is 24.0 Å². The number of hydrogen-bond donors (Lipinski definition) is 2. The second-order valence-electron chi connectivity index (χ2n) is 5.93. The number of carbonyl (C=O) groups is 2. The molecule has 1 aliphatic rings. The van der Waals surface area contributed by atoms with Crippen LogP contribution in [-0.4, -0.2) is 55.5 Å². The summed E-state index contributed by atoms with van der Waals surface area (Å²) in [4.78, 5) is 26.4. The number of rotatable bonds is 7. The molecule has 1 heterocycles. The van der Waals surface area contributed by atoms with Gasteiger partial charge in [-0.15, -0.1) is 0 Å². The number of piperazine rings is 1. The molecule has 132 valence electrons. The van der Waals surface area contributed by atoms with Gasteiger partial charge in [0.15, 0.2) is 0 Å². The highest BCUT2D eigenvalue weighted by Gasteiger charge is 2.22. The number of amides is 2. The molecular formula is C18H27N3O3. The SMILES string of the molecule is CCOc1ccccc1C(=O)NCCCC(=O)N1CCNCC1C.